The maximum Gasteiger partial charge on any atom is 0.315 e. The largest absolute Gasteiger partial charge is 0.496 e. The molecule has 0 spiro atoms. The topological polar surface area (TPSA) is 70.6 Å². The Morgan fingerprint density at radius 1 is 1.27 bits per heavy atom. The number of amides is 2. The second kappa shape index (κ2) is 8.63. The number of hydrogen-bond acceptors (Lipinski definition) is 3. The number of ether oxygens (including phenoxy) is 1. The van der Waals surface area contributed by atoms with E-state index in [0.717, 1.165) is 43.4 Å². The highest BCUT2D eigenvalue weighted by Gasteiger charge is 2.21. The summed E-state index contributed by atoms with van der Waals surface area (Å²) >= 11 is 0. The first kappa shape index (κ1) is 16.6. The van der Waals surface area contributed by atoms with Crippen molar-refractivity contribution in [1.29, 1.82) is 0 Å². The average molecular weight is 306 g/mol. The van der Waals surface area contributed by atoms with Gasteiger partial charge >= 0.3 is 6.03 Å². The standard InChI is InChI=1S/C17H26N2O3/c1-22-16-5-3-2-4-14(16)10-11-18-17(21)19-15-8-6-13(12-20)7-9-15/h2-5,13,15,20H,6-12H2,1H3,(H2,18,19,21). The lowest BCUT2D eigenvalue weighted by atomic mass is 9.87. The molecule has 22 heavy (non-hydrogen) atoms. The van der Waals surface area contributed by atoms with Gasteiger partial charge in [0.25, 0.3) is 0 Å². The zero-order valence-corrected chi connectivity index (χ0v) is 13.2. The van der Waals surface area contributed by atoms with E-state index in [0.29, 0.717) is 12.5 Å². The Bertz CT molecular complexity index is 471. The average Bonchev–Trinajstić information content (AvgIpc) is 2.56. The van der Waals surface area contributed by atoms with Crippen molar-refractivity contribution in [3.63, 3.8) is 0 Å². The Kier molecular flexibility index (Phi) is 6.52. The summed E-state index contributed by atoms with van der Waals surface area (Å²) in [6, 6.07) is 7.96. The van der Waals surface area contributed by atoms with Gasteiger partial charge in [-0.1, -0.05) is 18.2 Å². The van der Waals surface area contributed by atoms with Crippen LogP contribution in [0.3, 0.4) is 0 Å². The predicted octanol–water partition coefficient (Wildman–Crippen LogP) is 2.09. The van der Waals surface area contributed by atoms with Crippen LogP contribution in [0, 0.1) is 5.92 Å². The van der Waals surface area contributed by atoms with E-state index in [9.17, 15) is 4.79 Å². The van der Waals surface area contributed by atoms with Gasteiger partial charge in [0, 0.05) is 19.2 Å². The van der Waals surface area contributed by atoms with Gasteiger partial charge in [-0.25, -0.2) is 4.79 Å². The summed E-state index contributed by atoms with van der Waals surface area (Å²) in [7, 11) is 1.65. The number of benzene rings is 1. The zero-order chi connectivity index (χ0) is 15.8. The molecule has 5 heteroatoms. The first-order valence-corrected chi connectivity index (χ1v) is 8.00. The van der Waals surface area contributed by atoms with Crippen LogP contribution < -0.4 is 15.4 Å². The summed E-state index contributed by atoms with van der Waals surface area (Å²) in [6.45, 7) is 0.843. The van der Waals surface area contributed by atoms with Gasteiger partial charge in [-0.2, -0.15) is 0 Å². The summed E-state index contributed by atoms with van der Waals surface area (Å²) in [4.78, 5) is 11.9. The molecule has 122 valence electrons. The molecule has 0 unspecified atom stereocenters. The second-order valence-electron chi connectivity index (χ2n) is 5.86. The van der Waals surface area contributed by atoms with Gasteiger partial charge < -0.3 is 20.5 Å². The van der Waals surface area contributed by atoms with Crippen molar-refractivity contribution in [2.75, 3.05) is 20.3 Å². The summed E-state index contributed by atoms with van der Waals surface area (Å²) < 4.78 is 5.30. The van der Waals surface area contributed by atoms with Gasteiger partial charge in [0.15, 0.2) is 0 Å². The molecule has 2 amide bonds. The van der Waals surface area contributed by atoms with Crippen LogP contribution >= 0.6 is 0 Å². The molecule has 1 saturated carbocycles. The van der Waals surface area contributed by atoms with Crippen LogP contribution in [0.4, 0.5) is 4.79 Å². The number of aliphatic hydroxyl groups excluding tert-OH is 1. The van der Waals surface area contributed by atoms with Gasteiger partial charge in [0.2, 0.25) is 0 Å². The highest BCUT2D eigenvalue weighted by Crippen LogP contribution is 2.23. The monoisotopic (exact) mass is 306 g/mol. The van der Waals surface area contributed by atoms with Gasteiger partial charge in [0.05, 0.1) is 7.11 Å². The summed E-state index contributed by atoms with van der Waals surface area (Å²) in [5, 5.41) is 15.0. The van der Waals surface area contributed by atoms with Crippen molar-refractivity contribution in [2.45, 2.75) is 38.1 Å². The third-order valence-electron chi connectivity index (χ3n) is 4.31. The number of aliphatic hydroxyl groups is 1. The van der Waals surface area contributed by atoms with Gasteiger partial charge in [-0.05, 0) is 49.7 Å². The molecular formula is C17H26N2O3. The number of hydrogen-bond donors (Lipinski definition) is 3. The van der Waals surface area contributed by atoms with Gasteiger partial charge in [-0.15, -0.1) is 0 Å². The number of urea groups is 1. The van der Waals surface area contributed by atoms with E-state index in [1.54, 1.807) is 7.11 Å². The van der Waals surface area contributed by atoms with Crippen molar-refractivity contribution < 1.29 is 14.6 Å². The van der Waals surface area contributed by atoms with Crippen LogP contribution in [0.15, 0.2) is 24.3 Å². The molecule has 1 aliphatic carbocycles. The van der Waals surface area contributed by atoms with Crippen LogP contribution in [0.1, 0.15) is 31.2 Å². The molecule has 0 saturated heterocycles. The normalized spacial score (nSPS) is 21.2. The van der Waals surface area contributed by atoms with Crippen molar-refractivity contribution in [3.05, 3.63) is 29.8 Å². The number of carbonyl (C=O) groups is 1. The number of nitrogens with one attached hydrogen (secondary N) is 2. The first-order valence-electron chi connectivity index (χ1n) is 8.00. The smallest absolute Gasteiger partial charge is 0.315 e. The van der Waals surface area contributed by atoms with E-state index in [1.165, 1.54) is 0 Å². The Balaban J connectivity index is 1.68. The molecule has 1 aromatic carbocycles. The first-order chi connectivity index (χ1) is 10.7. The van der Waals surface area contributed by atoms with Crippen molar-refractivity contribution in [2.24, 2.45) is 5.92 Å². The predicted molar refractivity (Wildman–Crippen MR) is 86.1 cm³/mol. The summed E-state index contributed by atoms with van der Waals surface area (Å²) in [6.07, 6.45) is 4.62. The third-order valence-corrected chi connectivity index (χ3v) is 4.31. The van der Waals surface area contributed by atoms with Crippen molar-refractivity contribution >= 4 is 6.03 Å². The minimum Gasteiger partial charge on any atom is -0.496 e. The second-order valence-corrected chi connectivity index (χ2v) is 5.86. The van der Waals surface area contributed by atoms with Crippen LogP contribution in [-0.4, -0.2) is 37.4 Å². The molecule has 5 nitrogen and oxygen atoms in total. The lowest BCUT2D eigenvalue weighted by Gasteiger charge is -2.27. The zero-order valence-electron chi connectivity index (χ0n) is 13.2. The Morgan fingerprint density at radius 3 is 2.68 bits per heavy atom. The van der Waals surface area contributed by atoms with Gasteiger partial charge in [-0.3, -0.25) is 0 Å². The molecular weight excluding hydrogens is 280 g/mol. The van der Waals surface area contributed by atoms with Crippen molar-refractivity contribution in [3.8, 4) is 5.75 Å². The van der Waals surface area contributed by atoms with Crippen LogP contribution in [0.5, 0.6) is 5.75 Å². The fourth-order valence-electron chi connectivity index (χ4n) is 2.95. The summed E-state index contributed by atoms with van der Waals surface area (Å²) in [5.74, 6) is 1.26. The molecule has 0 bridgehead atoms. The Labute approximate surface area is 132 Å². The molecule has 0 radical (unpaired) electrons. The van der Waals surface area contributed by atoms with Crippen molar-refractivity contribution in [1.82, 2.24) is 10.6 Å². The lowest BCUT2D eigenvalue weighted by molar-refractivity contribution is 0.174. The quantitative estimate of drug-likeness (QED) is 0.753. The SMILES string of the molecule is COc1ccccc1CCNC(=O)NC1CCC(CO)CC1. The number of rotatable bonds is 6. The van der Waals surface area contributed by atoms with Crippen LogP contribution in [0.2, 0.25) is 0 Å². The summed E-state index contributed by atoms with van der Waals surface area (Å²) in [5.41, 5.74) is 1.09. The maximum absolute atomic E-state index is 11.9. The van der Waals surface area contributed by atoms with E-state index >= 15 is 0 Å². The number of para-hydroxylation sites is 1. The lowest BCUT2D eigenvalue weighted by Crippen LogP contribution is -2.44. The molecule has 2 rings (SSSR count). The maximum atomic E-state index is 11.9. The highest BCUT2D eigenvalue weighted by atomic mass is 16.5. The number of methoxy groups -OCH3 is 1. The minimum absolute atomic E-state index is 0.109. The van der Waals surface area contributed by atoms with E-state index in [1.807, 2.05) is 24.3 Å². The Morgan fingerprint density at radius 2 is 2.00 bits per heavy atom. The van der Waals surface area contributed by atoms with Crippen LogP contribution in [0.25, 0.3) is 0 Å². The fraction of sp³-hybridized carbons (Fsp3) is 0.588. The number of carbonyl (C=O) groups excluding carboxylic acids is 1. The minimum atomic E-state index is -0.109. The molecule has 1 aromatic rings. The molecule has 1 fully saturated rings. The molecule has 0 atom stereocenters. The molecule has 3 N–H and O–H groups in total. The molecule has 0 aliphatic heterocycles. The van der Waals surface area contributed by atoms with E-state index in [4.69, 9.17) is 9.84 Å². The van der Waals surface area contributed by atoms with Crippen LogP contribution in [-0.2, 0) is 6.42 Å². The van der Waals surface area contributed by atoms with E-state index < -0.39 is 0 Å². The molecule has 0 heterocycles. The third kappa shape index (κ3) is 4.91. The van der Waals surface area contributed by atoms with E-state index in [2.05, 4.69) is 10.6 Å². The van der Waals surface area contributed by atoms with Gasteiger partial charge in [0.1, 0.15) is 5.75 Å². The fourth-order valence-corrected chi connectivity index (χ4v) is 2.95. The highest BCUT2D eigenvalue weighted by molar-refractivity contribution is 5.74. The molecule has 1 aliphatic rings. The molecule has 0 aromatic heterocycles. The van der Waals surface area contributed by atoms with E-state index in [-0.39, 0.29) is 18.7 Å². The Hall–Kier alpha value is -1.75.